The van der Waals surface area contributed by atoms with E-state index in [1.54, 1.807) is 0 Å². The van der Waals surface area contributed by atoms with Crippen LogP contribution in [0.1, 0.15) is 50.2 Å². The number of hydrogen-bond acceptors (Lipinski definition) is 2. The van der Waals surface area contributed by atoms with Crippen molar-refractivity contribution in [3.8, 4) is 5.75 Å². The first-order valence-corrected chi connectivity index (χ1v) is 8.71. The van der Waals surface area contributed by atoms with Crippen LogP contribution in [0.5, 0.6) is 5.75 Å². The summed E-state index contributed by atoms with van der Waals surface area (Å²) in [5, 5.41) is 3.72. The van der Waals surface area contributed by atoms with Gasteiger partial charge in [0.15, 0.2) is 0 Å². The first-order chi connectivity index (χ1) is 9.74. The van der Waals surface area contributed by atoms with Crippen LogP contribution in [0, 0.1) is 5.92 Å². The van der Waals surface area contributed by atoms with E-state index in [9.17, 15) is 0 Å². The maximum absolute atomic E-state index is 5.80. The van der Waals surface area contributed by atoms with Crippen molar-refractivity contribution in [3.05, 3.63) is 27.7 Å². The van der Waals surface area contributed by atoms with Gasteiger partial charge in [-0.1, -0.05) is 35.2 Å². The standard InChI is InChI=1S/C17H24BrNO/c1-12(13-5-3-2-4-6-13)19-11-15-10-16(18)9-14-7-8-20-17(14)15/h9-10,12-13,19H,2-8,11H2,1H3/t12-/m0/s1. The summed E-state index contributed by atoms with van der Waals surface area (Å²) in [4.78, 5) is 0. The molecule has 0 radical (unpaired) electrons. The molecular formula is C17H24BrNO. The van der Waals surface area contributed by atoms with Crippen LogP contribution in [0.25, 0.3) is 0 Å². The largest absolute Gasteiger partial charge is 0.493 e. The van der Waals surface area contributed by atoms with Crippen LogP contribution < -0.4 is 10.1 Å². The van der Waals surface area contributed by atoms with E-state index in [1.165, 1.54) is 47.7 Å². The Morgan fingerprint density at radius 2 is 2.10 bits per heavy atom. The molecule has 1 heterocycles. The van der Waals surface area contributed by atoms with Crippen LogP contribution in [0.2, 0.25) is 0 Å². The molecule has 3 rings (SSSR count). The molecule has 1 saturated carbocycles. The fourth-order valence-corrected chi connectivity index (χ4v) is 4.10. The van der Waals surface area contributed by atoms with E-state index in [0.29, 0.717) is 6.04 Å². The zero-order valence-corrected chi connectivity index (χ0v) is 13.8. The van der Waals surface area contributed by atoms with E-state index >= 15 is 0 Å². The summed E-state index contributed by atoms with van der Waals surface area (Å²) in [6.07, 6.45) is 8.07. The minimum atomic E-state index is 0.603. The predicted octanol–water partition coefficient (Wildman–Crippen LogP) is 4.44. The average Bonchev–Trinajstić information content (AvgIpc) is 2.93. The Morgan fingerprint density at radius 1 is 1.30 bits per heavy atom. The van der Waals surface area contributed by atoms with Crippen molar-refractivity contribution >= 4 is 15.9 Å². The lowest BCUT2D eigenvalue weighted by molar-refractivity contribution is 0.279. The third-order valence-electron chi connectivity index (χ3n) is 4.80. The molecule has 0 spiro atoms. The van der Waals surface area contributed by atoms with E-state index in [4.69, 9.17) is 4.74 Å². The monoisotopic (exact) mass is 337 g/mol. The second kappa shape index (κ2) is 6.48. The van der Waals surface area contributed by atoms with Crippen molar-refractivity contribution in [2.24, 2.45) is 5.92 Å². The van der Waals surface area contributed by atoms with Crippen molar-refractivity contribution in [2.75, 3.05) is 6.61 Å². The molecule has 110 valence electrons. The summed E-state index contributed by atoms with van der Waals surface area (Å²) in [7, 11) is 0. The number of benzene rings is 1. The number of fused-ring (bicyclic) bond motifs is 1. The molecular weight excluding hydrogens is 314 g/mol. The average molecular weight is 338 g/mol. The quantitative estimate of drug-likeness (QED) is 0.876. The summed E-state index contributed by atoms with van der Waals surface area (Å²) in [5.41, 5.74) is 2.65. The summed E-state index contributed by atoms with van der Waals surface area (Å²) in [6, 6.07) is 4.99. The lowest BCUT2D eigenvalue weighted by Gasteiger charge is -2.28. The Bertz CT molecular complexity index is 468. The molecule has 1 N–H and O–H groups in total. The minimum Gasteiger partial charge on any atom is -0.493 e. The van der Waals surface area contributed by atoms with E-state index in [-0.39, 0.29) is 0 Å². The summed E-state index contributed by atoms with van der Waals surface area (Å²) < 4.78 is 6.97. The van der Waals surface area contributed by atoms with E-state index in [2.05, 4.69) is 40.3 Å². The maximum Gasteiger partial charge on any atom is 0.127 e. The number of hydrogen-bond donors (Lipinski definition) is 1. The fraction of sp³-hybridized carbons (Fsp3) is 0.647. The SMILES string of the molecule is C[C@H](NCc1cc(Br)cc2c1OCC2)C1CCCCC1. The molecule has 1 aliphatic carbocycles. The Labute approximate surface area is 130 Å². The van der Waals surface area contributed by atoms with Gasteiger partial charge in [-0.3, -0.25) is 0 Å². The van der Waals surface area contributed by atoms with Crippen molar-refractivity contribution in [1.29, 1.82) is 0 Å². The van der Waals surface area contributed by atoms with Gasteiger partial charge in [-0.15, -0.1) is 0 Å². The highest BCUT2D eigenvalue weighted by Gasteiger charge is 2.21. The third-order valence-corrected chi connectivity index (χ3v) is 5.25. The fourth-order valence-electron chi connectivity index (χ4n) is 3.55. The van der Waals surface area contributed by atoms with Gasteiger partial charge in [-0.2, -0.15) is 0 Å². The molecule has 20 heavy (non-hydrogen) atoms. The molecule has 0 amide bonds. The van der Waals surface area contributed by atoms with Crippen molar-refractivity contribution in [1.82, 2.24) is 5.32 Å². The lowest BCUT2D eigenvalue weighted by Crippen LogP contribution is -2.34. The molecule has 0 bridgehead atoms. The molecule has 2 aliphatic rings. The maximum atomic E-state index is 5.80. The van der Waals surface area contributed by atoms with Gasteiger partial charge in [0.05, 0.1) is 6.61 Å². The Kier molecular flexibility index (Phi) is 4.67. The van der Waals surface area contributed by atoms with Crippen molar-refractivity contribution in [2.45, 2.75) is 58.0 Å². The lowest BCUT2D eigenvalue weighted by atomic mass is 9.84. The van der Waals surface area contributed by atoms with E-state index in [0.717, 1.165) is 31.2 Å². The molecule has 1 atom stereocenters. The van der Waals surface area contributed by atoms with Crippen LogP contribution in [-0.4, -0.2) is 12.6 Å². The molecule has 3 heteroatoms. The van der Waals surface area contributed by atoms with Crippen LogP contribution in [-0.2, 0) is 13.0 Å². The third kappa shape index (κ3) is 3.20. The Morgan fingerprint density at radius 3 is 2.90 bits per heavy atom. The van der Waals surface area contributed by atoms with Gasteiger partial charge in [-0.05, 0) is 43.4 Å². The number of nitrogens with one attached hydrogen (secondary N) is 1. The highest BCUT2D eigenvalue weighted by atomic mass is 79.9. The molecule has 0 saturated heterocycles. The highest BCUT2D eigenvalue weighted by molar-refractivity contribution is 9.10. The van der Waals surface area contributed by atoms with E-state index in [1.807, 2.05) is 0 Å². The molecule has 0 aromatic heterocycles. The smallest absolute Gasteiger partial charge is 0.127 e. The van der Waals surface area contributed by atoms with Gasteiger partial charge in [-0.25, -0.2) is 0 Å². The van der Waals surface area contributed by atoms with Gasteiger partial charge >= 0.3 is 0 Å². The number of rotatable bonds is 4. The summed E-state index contributed by atoms with van der Waals surface area (Å²) in [5.74, 6) is 1.97. The number of halogens is 1. The van der Waals surface area contributed by atoms with Crippen molar-refractivity contribution < 1.29 is 4.74 Å². The first-order valence-electron chi connectivity index (χ1n) is 7.91. The zero-order valence-electron chi connectivity index (χ0n) is 12.3. The normalized spacial score (nSPS) is 20.5. The Hall–Kier alpha value is -0.540. The zero-order chi connectivity index (χ0) is 13.9. The second-order valence-electron chi connectivity index (χ2n) is 6.22. The number of ether oxygens (including phenoxy) is 1. The predicted molar refractivity (Wildman–Crippen MR) is 86.2 cm³/mol. The summed E-state index contributed by atoms with van der Waals surface area (Å²) in [6.45, 7) is 4.09. The second-order valence-corrected chi connectivity index (χ2v) is 7.13. The van der Waals surface area contributed by atoms with Gasteiger partial charge < -0.3 is 10.1 Å². The molecule has 0 unspecified atom stereocenters. The van der Waals surface area contributed by atoms with Crippen molar-refractivity contribution in [3.63, 3.8) is 0 Å². The van der Waals surface area contributed by atoms with Crippen LogP contribution >= 0.6 is 15.9 Å². The molecule has 2 nitrogen and oxygen atoms in total. The van der Waals surface area contributed by atoms with Crippen LogP contribution in [0.15, 0.2) is 16.6 Å². The summed E-state index contributed by atoms with van der Waals surface area (Å²) >= 11 is 3.62. The molecule has 1 aromatic carbocycles. The van der Waals surface area contributed by atoms with Crippen LogP contribution in [0.3, 0.4) is 0 Å². The van der Waals surface area contributed by atoms with Gasteiger partial charge in [0, 0.05) is 29.0 Å². The minimum absolute atomic E-state index is 0.603. The molecule has 1 aliphatic heterocycles. The first kappa shape index (κ1) is 14.4. The van der Waals surface area contributed by atoms with Crippen LogP contribution in [0.4, 0.5) is 0 Å². The molecule has 1 aromatic rings. The molecule has 1 fully saturated rings. The topological polar surface area (TPSA) is 21.3 Å². The Balaban J connectivity index is 1.63. The van der Waals surface area contributed by atoms with Gasteiger partial charge in [0.25, 0.3) is 0 Å². The highest BCUT2D eigenvalue weighted by Crippen LogP contribution is 2.33. The van der Waals surface area contributed by atoms with Gasteiger partial charge in [0.1, 0.15) is 5.75 Å². The van der Waals surface area contributed by atoms with E-state index < -0.39 is 0 Å². The van der Waals surface area contributed by atoms with Gasteiger partial charge in [0.2, 0.25) is 0 Å².